The van der Waals surface area contributed by atoms with Gasteiger partial charge in [0.1, 0.15) is 6.42 Å². The van der Waals surface area contributed by atoms with Crippen LogP contribution in [0.2, 0.25) is 0 Å². The Morgan fingerprint density at radius 2 is 1.75 bits per heavy atom. The van der Waals surface area contributed by atoms with E-state index in [0.717, 1.165) is 17.7 Å². The number of para-hydroxylation sites is 1. The van der Waals surface area contributed by atoms with E-state index in [0.29, 0.717) is 17.2 Å². The number of amides is 2. The number of ether oxygens (including phenoxy) is 2. The fourth-order valence-corrected chi connectivity index (χ4v) is 2.47. The molecule has 1 heterocycles. The number of hydrogen-bond acceptors (Lipinski definition) is 4. The molecule has 2 N–H and O–H groups in total. The minimum absolute atomic E-state index is 0.173. The highest BCUT2D eigenvalue weighted by Crippen LogP contribution is 2.34. The lowest BCUT2D eigenvalue weighted by Gasteiger charge is -2.10. The third-order valence-corrected chi connectivity index (χ3v) is 3.65. The monoisotopic (exact) mass is 326 g/mol. The summed E-state index contributed by atoms with van der Waals surface area (Å²) in [6.07, 6.45) is 0.548. The van der Waals surface area contributed by atoms with Crippen LogP contribution in [0.1, 0.15) is 18.9 Å². The summed E-state index contributed by atoms with van der Waals surface area (Å²) in [5.74, 6) is 0.477. The predicted octanol–water partition coefficient (Wildman–Crippen LogP) is 2.95. The van der Waals surface area contributed by atoms with E-state index in [-0.39, 0.29) is 25.0 Å². The molecule has 124 valence electrons. The van der Waals surface area contributed by atoms with Crippen molar-refractivity contribution in [2.75, 3.05) is 17.4 Å². The van der Waals surface area contributed by atoms with Crippen molar-refractivity contribution in [3.63, 3.8) is 0 Å². The van der Waals surface area contributed by atoms with Gasteiger partial charge in [0.15, 0.2) is 11.5 Å². The van der Waals surface area contributed by atoms with E-state index in [4.69, 9.17) is 9.47 Å². The second-order valence-corrected chi connectivity index (χ2v) is 5.35. The standard InChI is InChI=1S/C18H18N2O4/c1-2-12-5-3-4-6-14(12)20-18(22)10-17(21)19-13-7-8-15-16(9-13)24-11-23-15/h3-9H,2,10-11H2,1H3,(H,19,21)(H,20,22). The van der Waals surface area contributed by atoms with Crippen molar-refractivity contribution in [3.8, 4) is 11.5 Å². The van der Waals surface area contributed by atoms with Crippen LogP contribution in [-0.4, -0.2) is 18.6 Å². The largest absolute Gasteiger partial charge is 0.454 e. The normalized spacial score (nSPS) is 11.9. The number of nitrogens with one attached hydrogen (secondary N) is 2. The Balaban J connectivity index is 1.57. The predicted molar refractivity (Wildman–Crippen MR) is 90.3 cm³/mol. The second-order valence-electron chi connectivity index (χ2n) is 5.35. The molecule has 0 atom stereocenters. The molecule has 6 nitrogen and oxygen atoms in total. The molecule has 2 amide bonds. The molecule has 0 spiro atoms. The molecule has 0 radical (unpaired) electrons. The highest BCUT2D eigenvalue weighted by molar-refractivity contribution is 6.08. The molecule has 2 aromatic carbocycles. The van der Waals surface area contributed by atoms with Crippen molar-refractivity contribution < 1.29 is 19.1 Å². The summed E-state index contributed by atoms with van der Waals surface area (Å²) < 4.78 is 10.5. The van der Waals surface area contributed by atoms with Gasteiger partial charge >= 0.3 is 0 Å². The van der Waals surface area contributed by atoms with Crippen LogP contribution >= 0.6 is 0 Å². The fourth-order valence-electron chi connectivity index (χ4n) is 2.47. The van der Waals surface area contributed by atoms with Gasteiger partial charge in [-0.25, -0.2) is 0 Å². The molecule has 6 heteroatoms. The molecule has 1 aliphatic heterocycles. The molecule has 1 aliphatic rings. The highest BCUT2D eigenvalue weighted by Gasteiger charge is 2.15. The van der Waals surface area contributed by atoms with Crippen LogP contribution < -0.4 is 20.1 Å². The maximum Gasteiger partial charge on any atom is 0.233 e. The maximum absolute atomic E-state index is 12.1. The Morgan fingerprint density at radius 1 is 1.00 bits per heavy atom. The van der Waals surface area contributed by atoms with Gasteiger partial charge in [0.05, 0.1) is 0 Å². The number of hydrogen-bond donors (Lipinski definition) is 2. The molecule has 0 bridgehead atoms. The van der Waals surface area contributed by atoms with Crippen LogP contribution in [0.3, 0.4) is 0 Å². The smallest absolute Gasteiger partial charge is 0.233 e. The zero-order chi connectivity index (χ0) is 16.9. The molecular formula is C18H18N2O4. The van der Waals surface area contributed by atoms with Gasteiger partial charge in [-0.3, -0.25) is 9.59 Å². The van der Waals surface area contributed by atoms with E-state index in [1.807, 2.05) is 31.2 Å². The van der Waals surface area contributed by atoms with Gasteiger partial charge in [0.25, 0.3) is 0 Å². The van der Waals surface area contributed by atoms with Gasteiger partial charge in [0, 0.05) is 17.4 Å². The first-order chi connectivity index (χ1) is 11.7. The third kappa shape index (κ3) is 3.65. The molecule has 0 fully saturated rings. The number of aryl methyl sites for hydroxylation is 1. The molecule has 24 heavy (non-hydrogen) atoms. The average Bonchev–Trinajstić information content (AvgIpc) is 3.02. The van der Waals surface area contributed by atoms with Crippen LogP contribution in [0.4, 0.5) is 11.4 Å². The van der Waals surface area contributed by atoms with Crippen molar-refractivity contribution in [2.45, 2.75) is 19.8 Å². The summed E-state index contributed by atoms with van der Waals surface area (Å²) in [5.41, 5.74) is 2.33. The fraction of sp³-hybridized carbons (Fsp3) is 0.222. The van der Waals surface area contributed by atoms with Crippen molar-refractivity contribution in [1.82, 2.24) is 0 Å². The summed E-state index contributed by atoms with van der Waals surface area (Å²) in [7, 11) is 0. The summed E-state index contributed by atoms with van der Waals surface area (Å²) >= 11 is 0. The first-order valence-electron chi connectivity index (χ1n) is 7.73. The first-order valence-corrected chi connectivity index (χ1v) is 7.73. The van der Waals surface area contributed by atoms with E-state index in [9.17, 15) is 9.59 Å². The lowest BCUT2D eigenvalue weighted by atomic mass is 10.1. The van der Waals surface area contributed by atoms with Crippen molar-refractivity contribution in [2.24, 2.45) is 0 Å². The molecular weight excluding hydrogens is 308 g/mol. The van der Waals surface area contributed by atoms with Gasteiger partial charge in [0.2, 0.25) is 18.6 Å². The van der Waals surface area contributed by atoms with E-state index in [1.54, 1.807) is 18.2 Å². The zero-order valence-corrected chi connectivity index (χ0v) is 13.3. The quantitative estimate of drug-likeness (QED) is 0.828. The minimum atomic E-state index is -0.389. The van der Waals surface area contributed by atoms with Crippen LogP contribution in [0.5, 0.6) is 11.5 Å². The SMILES string of the molecule is CCc1ccccc1NC(=O)CC(=O)Nc1ccc2c(c1)OCO2. The second kappa shape index (κ2) is 7.04. The summed E-state index contributed by atoms with van der Waals surface area (Å²) in [6.45, 7) is 2.18. The van der Waals surface area contributed by atoms with E-state index >= 15 is 0 Å². The van der Waals surface area contributed by atoms with Gasteiger partial charge in [-0.2, -0.15) is 0 Å². The van der Waals surface area contributed by atoms with Crippen molar-refractivity contribution >= 4 is 23.2 Å². The van der Waals surface area contributed by atoms with Crippen molar-refractivity contribution in [1.29, 1.82) is 0 Å². The lowest BCUT2D eigenvalue weighted by molar-refractivity contribution is -0.123. The van der Waals surface area contributed by atoms with E-state index in [1.165, 1.54) is 0 Å². The van der Waals surface area contributed by atoms with Crippen LogP contribution in [0.25, 0.3) is 0 Å². The summed E-state index contributed by atoms with van der Waals surface area (Å²) in [6, 6.07) is 12.6. The maximum atomic E-state index is 12.1. The number of carbonyl (C=O) groups excluding carboxylic acids is 2. The molecule has 0 unspecified atom stereocenters. The number of carbonyl (C=O) groups is 2. The van der Waals surface area contributed by atoms with Gasteiger partial charge in [-0.15, -0.1) is 0 Å². The van der Waals surface area contributed by atoms with E-state index < -0.39 is 0 Å². The van der Waals surface area contributed by atoms with Gasteiger partial charge in [-0.1, -0.05) is 25.1 Å². The van der Waals surface area contributed by atoms with Gasteiger partial charge in [-0.05, 0) is 30.2 Å². The van der Waals surface area contributed by atoms with Gasteiger partial charge < -0.3 is 20.1 Å². The number of anilines is 2. The average molecular weight is 326 g/mol. The van der Waals surface area contributed by atoms with Crippen LogP contribution in [0, 0.1) is 0 Å². The Labute approximate surface area is 139 Å². The van der Waals surface area contributed by atoms with Crippen LogP contribution in [-0.2, 0) is 16.0 Å². The Hall–Kier alpha value is -3.02. The van der Waals surface area contributed by atoms with E-state index in [2.05, 4.69) is 10.6 Å². The minimum Gasteiger partial charge on any atom is -0.454 e. The zero-order valence-electron chi connectivity index (χ0n) is 13.3. The highest BCUT2D eigenvalue weighted by atomic mass is 16.7. The van der Waals surface area contributed by atoms with Crippen LogP contribution in [0.15, 0.2) is 42.5 Å². The first kappa shape index (κ1) is 15.9. The third-order valence-electron chi connectivity index (χ3n) is 3.65. The molecule has 3 rings (SSSR count). The Kier molecular flexibility index (Phi) is 4.65. The summed E-state index contributed by atoms with van der Waals surface area (Å²) in [4.78, 5) is 24.1. The molecule has 0 saturated carbocycles. The van der Waals surface area contributed by atoms with Crippen molar-refractivity contribution in [3.05, 3.63) is 48.0 Å². The summed E-state index contributed by atoms with van der Waals surface area (Å²) in [5, 5.41) is 5.46. The number of benzene rings is 2. The lowest BCUT2D eigenvalue weighted by Crippen LogP contribution is -2.21. The molecule has 2 aromatic rings. The Bertz CT molecular complexity index is 773. The molecule has 0 saturated heterocycles. The molecule has 0 aliphatic carbocycles. The Morgan fingerprint density at radius 3 is 2.58 bits per heavy atom. The number of rotatable bonds is 5. The topological polar surface area (TPSA) is 76.7 Å². The number of fused-ring (bicyclic) bond motifs is 1. The molecule has 0 aromatic heterocycles.